The molecule has 0 spiro atoms. The number of aromatic nitrogens is 5. The number of aryl methyl sites for hydroxylation is 1. The van der Waals surface area contributed by atoms with Gasteiger partial charge in [0.25, 0.3) is 0 Å². The maximum Gasteiger partial charge on any atom is 0.104 e. The van der Waals surface area contributed by atoms with E-state index < -0.39 is 0 Å². The molecule has 0 aromatic carbocycles. The van der Waals surface area contributed by atoms with Crippen LogP contribution < -0.4 is 5.32 Å². The average molecular weight is 246 g/mol. The minimum absolute atomic E-state index is 0.684. The molecule has 0 aliphatic heterocycles. The molecule has 1 aliphatic carbocycles. The SMILES string of the molecule is Cc1c(CNC2CC2)cnn1Cc1cn(C)nn1. The molecule has 18 heavy (non-hydrogen) atoms. The van der Waals surface area contributed by atoms with Crippen LogP contribution >= 0.6 is 0 Å². The Balaban J connectivity index is 1.68. The summed E-state index contributed by atoms with van der Waals surface area (Å²) in [4.78, 5) is 0. The summed E-state index contributed by atoms with van der Waals surface area (Å²) < 4.78 is 3.69. The van der Waals surface area contributed by atoms with Gasteiger partial charge in [-0.2, -0.15) is 5.10 Å². The Hall–Kier alpha value is -1.69. The van der Waals surface area contributed by atoms with Crippen molar-refractivity contribution in [2.45, 2.75) is 38.9 Å². The molecule has 0 amide bonds. The van der Waals surface area contributed by atoms with Gasteiger partial charge >= 0.3 is 0 Å². The summed E-state index contributed by atoms with van der Waals surface area (Å²) in [5.74, 6) is 0. The summed E-state index contributed by atoms with van der Waals surface area (Å²) in [5.41, 5.74) is 3.41. The Morgan fingerprint density at radius 3 is 2.94 bits per heavy atom. The number of hydrogen-bond acceptors (Lipinski definition) is 4. The van der Waals surface area contributed by atoms with Gasteiger partial charge in [0.15, 0.2) is 0 Å². The molecule has 2 aromatic rings. The average Bonchev–Trinajstić information content (AvgIpc) is 3.01. The highest BCUT2D eigenvalue weighted by atomic mass is 15.4. The third-order valence-electron chi connectivity index (χ3n) is 3.33. The summed E-state index contributed by atoms with van der Waals surface area (Å²) in [6.45, 7) is 3.70. The van der Waals surface area contributed by atoms with Gasteiger partial charge in [-0.3, -0.25) is 9.36 Å². The zero-order valence-electron chi connectivity index (χ0n) is 10.8. The van der Waals surface area contributed by atoms with Crippen LogP contribution in [0.5, 0.6) is 0 Å². The van der Waals surface area contributed by atoms with E-state index in [0.717, 1.165) is 18.3 Å². The van der Waals surface area contributed by atoms with Gasteiger partial charge in [-0.05, 0) is 19.8 Å². The smallest absolute Gasteiger partial charge is 0.104 e. The molecular formula is C12H18N6. The van der Waals surface area contributed by atoms with Gasteiger partial charge in [-0.1, -0.05) is 5.21 Å². The van der Waals surface area contributed by atoms with Gasteiger partial charge in [0.1, 0.15) is 5.69 Å². The van der Waals surface area contributed by atoms with Crippen molar-refractivity contribution >= 4 is 0 Å². The first-order valence-electron chi connectivity index (χ1n) is 6.32. The molecule has 1 saturated carbocycles. The summed E-state index contributed by atoms with van der Waals surface area (Å²) in [6, 6.07) is 0.729. The van der Waals surface area contributed by atoms with Crippen molar-refractivity contribution in [3.8, 4) is 0 Å². The molecule has 1 aliphatic rings. The van der Waals surface area contributed by atoms with Crippen molar-refractivity contribution in [2.75, 3.05) is 0 Å². The van der Waals surface area contributed by atoms with Crippen LogP contribution in [0.4, 0.5) is 0 Å². The highest BCUT2D eigenvalue weighted by Crippen LogP contribution is 2.19. The molecule has 2 aromatic heterocycles. The van der Waals surface area contributed by atoms with Crippen LogP contribution in [0, 0.1) is 6.92 Å². The standard InChI is InChI=1S/C12H18N6/c1-9-10(5-13-11-3-4-11)6-14-18(9)8-12-7-17(2)16-15-12/h6-7,11,13H,3-5,8H2,1-2H3. The fraction of sp³-hybridized carbons (Fsp3) is 0.583. The lowest BCUT2D eigenvalue weighted by Crippen LogP contribution is -2.16. The van der Waals surface area contributed by atoms with Crippen LogP contribution in [-0.4, -0.2) is 30.8 Å². The van der Waals surface area contributed by atoms with Gasteiger partial charge in [0.2, 0.25) is 0 Å². The Kier molecular flexibility index (Phi) is 2.87. The van der Waals surface area contributed by atoms with Crippen LogP contribution in [0.25, 0.3) is 0 Å². The predicted molar refractivity (Wildman–Crippen MR) is 66.9 cm³/mol. The first-order valence-corrected chi connectivity index (χ1v) is 6.32. The molecule has 0 atom stereocenters. The fourth-order valence-corrected chi connectivity index (χ4v) is 1.98. The molecule has 0 radical (unpaired) electrons. The molecule has 0 bridgehead atoms. The number of rotatable bonds is 5. The molecule has 3 rings (SSSR count). The van der Waals surface area contributed by atoms with Crippen LogP contribution in [0.2, 0.25) is 0 Å². The largest absolute Gasteiger partial charge is 0.310 e. The van der Waals surface area contributed by atoms with E-state index in [1.165, 1.54) is 24.1 Å². The molecule has 1 fully saturated rings. The minimum Gasteiger partial charge on any atom is -0.310 e. The Labute approximate surface area is 106 Å². The van der Waals surface area contributed by atoms with Gasteiger partial charge in [0.05, 0.1) is 12.7 Å². The fourth-order valence-electron chi connectivity index (χ4n) is 1.98. The zero-order chi connectivity index (χ0) is 12.5. The van der Waals surface area contributed by atoms with Crippen LogP contribution in [0.15, 0.2) is 12.4 Å². The van der Waals surface area contributed by atoms with E-state index in [9.17, 15) is 0 Å². The summed E-state index contributed by atoms with van der Waals surface area (Å²) >= 11 is 0. The van der Waals surface area contributed by atoms with Gasteiger partial charge in [-0.15, -0.1) is 5.10 Å². The lowest BCUT2D eigenvalue weighted by Gasteiger charge is -2.04. The Bertz CT molecular complexity index is 537. The second-order valence-corrected chi connectivity index (χ2v) is 4.95. The molecule has 2 heterocycles. The number of hydrogen-bond donors (Lipinski definition) is 1. The lowest BCUT2D eigenvalue weighted by molar-refractivity contribution is 0.641. The topological polar surface area (TPSA) is 60.6 Å². The van der Waals surface area contributed by atoms with Crippen LogP contribution in [0.1, 0.15) is 29.8 Å². The molecular weight excluding hydrogens is 228 g/mol. The summed E-state index contributed by atoms with van der Waals surface area (Å²) in [6.07, 6.45) is 6.49. The normalized spacial score (nSPS) is 15.2. The van der Waals surface area contributed by atoms with Crippen molar-refractivity contribution in [2.24, 2.45) is 7.05 Å². The summed E-state index contributed by atoms with van der Waals surface area (Å²) in [7, 11) is 1.87. The molecule has 1 N–H and O–H groups in total. The quantitative estimate of drug-likeness (QED) is 0.840. The highest BCUT2D eigenvalue weighted by molar-refractivity contribution is 5.17. The zero-order valence-corrected chi connectivity index (χ0v) is 10.8. The van der Waals surface area contributed by atoms with Crippen LogP contribution in [0.3, 0.4) is 0 Å². The number of nitrogens with zero attached hydrogens (tertiary/aromatic N) is 5. The van der Waals surface area contributed by atoms with E-state index >= 15 is 0 Å². The lowest BCUT2D eigenvalue weighted by atomic mass is 10.2. The van der Waals surface area contributed by atoms with E-state index in [0.29, 0.717) is 6.54 Å². The van der Waals surface area contributed by atoms with E-state index in [2.05, 4.69) is 27.7 Å². The van der Waals surface area contributed by atoms with E-state index in [1.807, 2.05) is 24.1 Å². The van der Waals surface area contributed by atoms with E-state index in [-0.39, 0.29) is 0 Å². The van der Waals surface area contributed by atoms with Gasteiger partial charge < -0.3 is 5.32 Å². The number of nitrogens with one attached hydrogen (secondary N) is 1. The maximum absolute atomic E-state index is 4.42. The second kappa shape index (κ2) is 4.53. The van der Waals surface area contributed by atoms with Crippen molar-refractivity contribution in [1.29, 1.82) is 0 Å². The monoisotopic (exact) mass is 246 g/mol. The molecule has 0 unspecified atom stereocenters. The maximum atomic E-state index is 4.42. The molecule has 6 heteroatoms. The second-order valence-electron chi connectivity index (χ2n) is 4.95. The molecule has 6 nitrogen and oxygen atoms in total. The van der Waals surface area contributed by atoms with Crippen molar-refractivity contribution in [3.05, 3.63) is 29.3 Å². The van der Waals surface area contributed by atoms with Gasteiger partial charge in [0, 0.05) is 37.1 Å². The van der Waals surface area contributed by atoms with E-state index in [1.54, 1.807) is 4.68 Å². The van der Waals surface area contributed by atoms with Crippen molar-refractivity contribution < 1.29 is 0 Å². The molecule has 96 valence electrons. The third-order valence-corrected chi connectivity index (χ3v) is 3.33. The van der Waals surface area contributed by atoms with Crippen molar-refractivity contribution in [1.82, 2.24) is 30.1 Å². The highest BCUT2D eigenvalue weighted by Gasteiger charge is 2.20. The molecule has 0 saturated heterocycles. The van der Waals surface area contributed by atoms with Crippen molar-refractivity contribution in [3.63, 3.8) is 0 Å². The third kappa shape index (κ3) is 2.43. The minimum atomic E-state index is 0.684. The summed E-state index contributed by atoms with van der Waals surface area (Å²) in [5, 5.41) is 15.9. The predicted octanol–water partition coefficient (Wildman–Crippen LogP) is 0.620. The Morgan fingerprint density at radius 2 is 2.28 bits per heavy atom. The first-order chi connectivity index (χ1) is 8.72. The van der Waals surface area contributed by atoms with Crippen LogP contribution in [-0.2, 0) is 20.1 Å². The first kappa shape index (κ1) is 11.4. The van der Waals surface area contributed by atoms with E-state index in [4.69, 9.17) is 0 Å². The Morgan fingerprint density at radius 1 is 1.44 bits per heavy atom. The van der Waals surface area contributed by atoms with Gasteiger partial charge in [-0.25, -0.2) is 0 Å².